The Morgan fingerprint density at radius 2 is 1.76 bits per heavy atom. The normalized spacial score (nSPS) is 10.6. The molecule has 0 fully saturated rings. The molecule has 3 rings (SSSR count). The number of oxazole rings is 1. The molecule has 1 heterocycles. The monoisotopic (exact) mass is 343 g/mol. The fraction of sp³-hybridized carbons (Fsp3) is 0.118. The zero-order chi connectivity index (χ0) is 17.8. The van der Waals surface area contributed by atoms with Gasteiger partial charge in [0, 0.05) is 5.69 Å². The number of hydrogen-bond donors (Lipinski definition) is 2. The summed E-state index contributed by atoms with van der Waals surface area (Å²) in [5, 5.41) is 4.93. The van der Waals surface area contributed by atoms with Crippen molar-refractivity contribution in [1.29, 1.82) is 0 Å². The van der Waals surface area contributed by atoms with Crippen LogP contribution < -0.4 is 16.4 Å². The molecule has 0 saturated heterocycles. The first-order valence-electron chi connectivity index (χ1n) is 7.43. The standard InChI is InChI=1S/C17H14FN3O4/c18-11-5-7-12(8-6-11)20-15(22)9-19-16(23)10-21-13-3-1-2-4-14(13)25-17(21)24/h1-8H,9-10H2,(H,19,23)(H,20,22). The first kappa shape index (κ1) is 16.4. The second-order valence-corrected chi connectivity index (χ2v) is 5.25. The number of halogens is 1. The first-order chi connectivity index (χ1) is 12.0. The Labute approximate surface area is 141 Å². The lowest BCUT2D eigenvalue weighted by atomic mass is 10.3. The van der Waals surface area contributed by atoms with E-state index in [1.54, 1.807) is 24.3 Å². The van der Waals surface area contributed by atoms with Gasteiger partial charge in [-0.25, -0.2) is 9.18 Å². The third-order valence-electron chi connectivity index (χ3n) is 3.45. The highest BCUT2D eigenvalue weighted by Gasteiger charge is 2.13. The van der Waals surface area contributed by atoms with Crippen molar-refractivity contribution in [2.45, 2.75) is 6.54 Å². The van der Waals surface area contributed by atoms with E-state index in [0.717, 1.165) is 0 Å². The maximum Gasteiger partial charge on any atom is 0.420 e. The Morgan fingerprint density at radius 1 is 1.04 bits per heavy atom. The van der Waals surface area contributed by atoms with Crippen LogP contribution >= 0.6 is 0 Å². The minimum Gasteiger partial charge on any atom is -0.408 e. The number of fused-ring (bicyclic) bond motifs is 1. The number of carbonyl (C=O) groups excluding carboxylic acids is 2. The third kappa shape index (κ3) is 3.92. The van der Waals surface area contributed by atoms with Gasteiger partial charge in [0.15, 0.2) is 5.58 Å². The number of amides is 2. The lowest BCUT2D eigenvalue weighted by Gasteiger charge is -2.07. The molecule has 8 heteroatoms. The summed E-state index contributed by atoms with van der Waals surface area (Å²) in [4.78, 5) is 35.5. The van der Waals surface area contributed by atoms with Gasteiger partial charge in [0.05, 0.1) is 12.1 Å². The Morgan fingerprint density at radius 3 is 2.52 bits per heavy atom. The van der Waals surface area contributed by atoms with E-state index >= 15 is 0 Å². The number of nitrogens with one attached hydrogen (secondary N) is 2. The molecule has 0 aliphatic rings. The van der Waals surface area contributed by atoms with Crippen molar-refractivity contribution in [3.63, 3.8) is 0 Å². The van der Waals surface area contributed by atoms with E-state index in [4.69, 9.17) is 4.42 Å². The molecular weight excluding hydrogens is 329 g/mol. The van der Waals surface area contributed by atoms with E-state index in [-0.39, 0.29) is 13.1 Å². The van der Waals surface area contributed by atoms with Gasteiger partial charge in [-0.1, -0.05) is 12.1 Å². The predicted molar refractivity (Wildman–Crippen MR) is 88.5 cm³/mol. The Bertz CT molecular complexity index is 975. The van der Waals surface area contributed by atoms with Crippen molar-refractivity contribution in [3.05, 3.63) is 64.9 Å². The molecule has 128 valence electrons. The summed E-state index contributed by atoms with van der Waals surface area (Å²) in [5.41, 5.74) is 1.30. The largest absolute Gasteiger partial charge is 0.420 e. The number of carbonyl (C=O) groups is 2. The van der Waals surface area contributed by atoms with Crippen LogP contribution in [-0.4, -0.2) is 22.9 Å². The van der Waals surface area contributed by atoms with Gasteiger partial charge in [-0.05, 0) is 36.4 Å². The molecule has 0 spiro atoms. The number of benzene rings is 2. The van der Waals surface area contributed by atoms with Gasteiger partial charge in [-0.3, -0.25) is 14.2 Å². The Kier molecular flexibility index (Phi) is 4.60. The Balaban J connectivity index is 1.57. The summed E-state index contributed by atoms with van der Waals surface area (Å²) >= 11 is 0. The molecule has 0 atom stereocenters. The molecule has 0 saturated carbocycles. The highest BCUT2D eigenvalue weighted by atomic mass is 19.1. The van der Waals surface area contributed by atoms with Crippen LogP contribution in [0.2, 0.25) is 0 Å². The SMILES string of the molecule is O=C(Cn1c(=O)oc2ccccc21)NCC(=O)Nc1ccc(F)cc1. The number of rotatable bonds is 5. The summed E-state index contributed by atoms with van der Waals surface area (Å²) in [6, 6.07) is 12.0. The zero-order valence-corrected chi connectivity index (χ0v) is 13.0. The van der Waals surface area contributed by atoms with Gasteiger partial charge >= 0.3 is 5.76 Å². The lowest BCUT2D eigenvalue weighted by molar-refractivity contribution is -0.124. The number of nitrogens with zero attached hydrogens (tertiary/aromatic N) is 1. The van der Waals surface area contributed by atoms with Gasteiger partial charge in [-0.15, -0.1) is 0 Å². The van der Waals surface area contributed by atoms with Gasteiger partial charge in [0.2, 0.25) is 11.8 Å². The van der Waals surface area contributed by atoms with E-state index in [9.17, 15) is 18.8 Å². The molecular formula is C17H14FN3O4. The van der Waals surface area contributed by atoms with Gasteiger partial charge in [0.1, 0.15) is 12.4 Å². The fourth-order valence-corrected chi connectivity index (χ4v) is 2.28. The predicted octanol–water partition coefficient (Wildman–Crippen LogP) is 1.49. The number of para-hydroxylation sites is 2. The van der Waals surface area contributed by atoms with Crippen LogP contribution in [0, 0.1) is 5.82 Å². The van der Waals surface area contributed by atoms with Crippen molar-refractivity contribution >= 4 is 28.6 Å². The summed E-state index contributed by atoms with van der Waals surface area (Å²) in [5.74, 6) is -2.04. The Hall–Kier alpha value is -3.42. The summed E-state index contributed by atoms with van der Waals surface area (Å²) < 4.78 is 19.0. The maximum atomic E-state index is 12.8. The minimum atomic E-state index is -0.646. The smallest absolute Gasteiger partial charge is 0.408 e. The molecule has 2 amide bonds. The number of aromatic nitrogens is 1. The van der Waals surface area contributed by atoms with Gasteiger partial charge in [-0.2, -0.15) is 0 Å². The summed E-state index contributed by atoms with van der Waals surface area (Å²) in [6.45, 7) is -0.541. The fourth-order valence-electron chi connectivity index (χ4n) is 2.28. The second-order valence-electron chi connectivity index (χ2n) is 5.25. The van der Waals surface area contributed by atoms with E-state index in [2.05, 4.69) is 10.6 Å². The molecule has 2 N–H and O–H groups in total. The molecule has 0 radical (unpaired) electrons. The van der Waals surface area contributed by atoms with E-state index in [0.29, 0.717) is 16.8 Å². The van der Waals surface area contributed by atoms with Crippen molar-refractivity contribution in [2.24, 2.45) is 0 Å². The quantitative estimate of drug-likeness (QED) is 0.734. The molecule has 1 aromatic heterocycles. The lowest BCUT2D eigenvalue weighted by Crippen LogP contribution is -2.36. The van der Waals surface area contributed by atoms with E-state index in [1.165, 1.54) is 28.8 Å². The molecule has 0 bridgehead atoms. The second kappa shape index (κ2) is 7.00. The molecule has 0 aliphatic carbocycles. The van der Waals surface area contributed by atoms with Crippen molar-refractivity contribution in [1.82, 2.24) is 9.88 Å². The highest BCUT2D eigenvalue weighted by Crippen LogP contribution is 2.11. The maximum absolute atomic E-state index is 12.8. The van der Waals surface area contributed by atoms with Crippen LogP contribution in [0.25, 0.3) is 11.1 Å². The average Bonchev–Trinajstić information content (AvgIpc) is 2.91. The topological polar surface area (TPSA) is 93.3 Å². The minimum absolute atomic E-state index is 0.264. The summed E-state index contributed by atoms with van der Waals surface area (Å²) in [6.07, 6.45) is 0. The zero-order valence-electron chi connectivity index (χ0n) is 13.0. The van der Waals surface area contributed by atoms with Crippen molar-refractivity contribution < 1.29 is 18.4 Å². The van der Waals surface area contributed by atoms with Gasteiger partial charge < -0.3 is 15.1 Å². The molecule has 3 aromatic rings. The van der Waals surface area contributed by atoms with Crippen LogP contribution in [0.1, 0.15) is 0 Å². The van der Waals surface area contributed by atoms with E-state index in [1.807, 2.05) is 0 Å². The van der Waals surface area contributed by atoms with Crippen molar-refractivity contribution in [2.75, 3.05) is 11.9 Å². The molecule has 7 nitrogen and oxygen atoms in total. The summed E-state index contributed by atoms with van der Waals surface area (Å²) in [7, 11) is 0. The van der Waals surface area contributed by atoms with Crippen LogP contribution in [-0.2, 0) is 16.1 Å². The molecule has 25 heavy (non-hydrogen) atoms. The van der Waals surface area contributed by atoms with Crippen LogP contribution in [0.4, 0.5) is 10.1 Å². The average molecular weight is 343 g/mol. The van der Waals surface area contributed by atoms with E-state index < -0.39 is 23.4 Å². The van der Waals surface area contributed by atoms with Crippen molar-refractivity contribution in [3.8, 4) is 0 Å². The van der Waals surface area contributed by atoms with Crippen LogP contribution in [0.15, 0.2) is 57.7 Å². The van der Waals surface area contributed by atoms with Gasteiger partial charge in [0.25, 0.3) is 0 Å². The van der Waals surface area contributed by atoms with Crippen LogP contribution in [0.5, 0.6) is 0 Å². The third-order valence-corrected chi connectivity index (χ3v) is 3.45. The molecule has 0 unspecified atom stereocenters. The van der Waals surface area contributed by atoms with Crippen LogP contribution in [0.3, 0.4) is 0 Å². The molecule has 2 aromatic carbocycles. The number of anilines is 1. The number of hydrogen-bond acceptors (Lipinski definition) is 4. The molecule has 0 aliphatic heterocycles. The first-order valence-corrected chi connectivity index (χ1v) is 7.43. The highest BCUT2D eigenvalue weighted by molar-refractivity contribution is 5.94.